The van der Waals surface area contributed by atoms with Gasteiger partial charge in [-0.2, -0.15) is 0 Å². The summed E-state index contributed by atoms with van der Waals surface area (Å²) in [5, 5.41) is 3.16. The molecule has 0 saturated heterocycles. The standard InChI is InChI=1S/C15H24N2O2/c1-12-14(9-16-2)8-15(19-12)10-17-6-4-13(5-7-17)11-18-3/h4,8,16H,5-7,9-11H2,1-3H3. The van der Waals surface area contributed by atoms with E-state index in [-0.39, 0.29) is 0 Å². The van der Waals surface area contributed by atoms with Crippen molar-refractivity contribution in [1.82, 2.24) is 10.2 Å². The summed E-state index contributed by atoms with van der Waals surface area (Å²) >= 11 is 0. The lowest BCUT2D eigenvalue weighted by Crippen LogP contribution is -2.28. The Hall–Kier alpha value is -1.10. The summed E-state index contributed by atoms with van der Waals surface area (Å²) in [5.41, 5.74) is 2.66. The summed E-state index contributed by atoms with van der Waals surface area (Å²) < 4.78 is 11.0. The zero-order valence-corrected chi connectivity index (χ0v) is 12.2. The van der Waals surface area contributed by atoms with E-state index in [4.69, 9.17) is 9.15 Å². The molecule has 0 unspecified atom stereocenters. The monoisotopic (exact) mass is 264 g/mol. The molecule has 2 heterocycles. The lowest BCUT2D eigenvalue weighted by Gasteiger charge is -2.25. The Kier molecular flexibility index (Phi) is 5.19. The summed E-state index contributed by atoms with van der Waals surface area (Å²) in [7, 11) is 3.71. The predicted octanol–water partition coefficient (Wildman–Crippen LogP) is 2.09. The molecule has 0 fully saturated rings. The van der Waals surface area contributed by atoms with Gasteiger partial charge in [-0.1, -0.05) is 6.08 Å². The second-order valence-electron chi connectivity index (χ2n) is 5.10. The number of nitrogens with one attached hydrogen (secondary N) is 1. The van der Waals surface area contributed by atoms with Gasteiger partial charge in [0.15, 0.2) is 0 Å². The highest BCUT2D eigenvalue weighted by atomic mass is 16.5. The van der Waals surface area contributed by atoms with Gasteiger partial charge in [-0.05, 0) is 32.0 Å². The van der Waals surface area contributed by atoms with Crippen LogP contribution in [0, 0.1) is 6.92 Å². The number of hydrogen-bond donors (Lipinski definition) is 1. The fraction of sp³-hybridized carbons (Fsp3) is 0.600. The molecule has 4 nitrogen and oxygen atoms in total. The van der Waals surface area contributed by atoms with E-state index in [1.165, 1.54) is 11.1 Å². The summed E-state index contributed by atoms with van der Waals surface area (Å²) in [6.07, 6.45) is 3.37. The molecule has 0 aromatic carbocycles. The van der Waals surface area contributed by atoms with Crippen LogP contribution in [0.5, 0.6) is 0 Å². The number of hydrogen-bond acceptors (Lipinski definition) is 4. The van der Waals surface area contributed by atoms with Crippen LogP contribution in [-0.2, 0) is 17.8 Å². The van der Waals surface area contributed by atoms with E-state index in [9.17, 15) is 0 Å². The van der Waals surface area contributed by atoms with Crippen molar-refractivity contribution in [2.45, 2.75) is 26.4 Å². The van der Waals surface area contributed by atoms with Crippen LogP contribution in [0.2, 0.25) is 0 Å². The number of furan rings is 1. The van der Waals surface area contributed by atoms with Gasteiger partial charge < -0.3 is 14.5 Å². The molecule has 1 aliphatic rings. The summed E-state index contributed by atoms with van der Waals surface area (Å²) in [4.78, 5) is 2.40. The van der Waals surface area contributed by atoms with Crippen LogP contribution in [0.25, 0.3) is 0 Å². The van der Waals surface area contributed by atoms with E-state index in [0.717, 1.165) is 50.7 Å². The summed E-state index contributed by atoms with van der Waals surface area (Å²) in [5.74, 6) is 2.09. The van der Waals surface area contributed by atoms with Crippen LogP contribution in [0.15, 0.2) is 22.1 Å². The number of methoxy groups -OCH3 is 1. The number of ether oxygens (including phenoxy) is 1. The molecule has 1 aromatic heterocycles. The molecule has 2 rings (SSSR count). The van der Waals surface area contributed by atoms with Crippen molar-refractivity contribution in [2.75, 3.05) is 33.9 Å². The first-order valence-corrected chi connectivity index (χ1v) is 6.85. The first-order chi connectivity index (χ1) is 9.22. The van der Waals surface area contributed by atoms with Gasteiger partial charge >= 0.3 is 0 Å². The largest absolute Gasteiger partial charge is 0.465 e. The van der Waals surface area contributed by atoms with Gasteiger partial charge in [0.05, 0.1) is 13.2 Å². The maximum atomic E-state index is 5.82. The molecule has 19 heavy (non-hydrogen) atoms. The van der Waals surface area contributed by atoms with E-state index < -0.39 is 0 Å². The average Bonchev–Trinajstić information content (AvgIpc) is 2.73. The van der Waals surface area contributed by atoms with Gasteiger partial charge in [0.1, 0.15) is 11.5 Å². The Morgan fingerprint density at radius 2 is 2.32 bits per heavy atom. The molecule has 0 spiro atoms. The third-order valence-corrected chi connectivity index (χ3v) is 3.54. The molecule has 0 aliphatic carbocycles. The molecule has 1 N–H and O–H groups in total. The molecule has 1 aromatic rings. The normalized spacial score (nSPS) is 16.7. The third-order valence-electron chi connectivity index (χ3n) is 3.54. The first kappa shape index (κ1) is 14.3. The maximum Gasteiger partial charge on any atom is 0.118 e. The van der Waals surface area contributed by atoms with Crippen molar-refractivity contribution in [3.63, 3.8) is 0 Å². The van der Waals surface area contributed by atoms with E-state index in [0.29, 0.717) is 0 Å². The van der Waals surface area contributed by atoms with Gasteiger partial charge in [-0.15, -0.1) is 0 Å². The zero-order valence-electron chi connectivity index (χ0n) is 12.2. The highest BCUT2D eigenvalue weighted by Gasteiger charge is 2.14. The second kappa shape index (κ2) is 6.89. The third kappa shape index (κ3) is 3.93. The number of rotatable bonds is 6. The fourth-order valence-corrected chi connectivity index (χ4v) is 2.47. The highest BCUT2D eigenvalue weighted by Crippen LogP contribution is 2.18. The van der Waals surface area contributed by atoms with E-state index >= 15 is 0 Å². The van der Waals surface area contributed by atoms with Crippen LogP contribution < -0.4 is 5.32 Å². The molecule has 4 heteroatoms. The van der Waals surface area contributed by atoms with Gasteiger partial charge in [-0.3, -0.25) is 4.90 Å². The predicted molar refractivity (Wildman–Crippen MR) is 76.1 cm³/mol. The average molecular weight is 264 g/mol. The highest BCUT2D eigenvalue weighted by molar-refractivity contribution is 5.21. The molecule has 0 amide bonds. The Labute approximate surface area is 115 Å². The number of nitrogens with zero attached hydrogens (tertiary/aromatic N) is 1. The van der Waals surface area contributed by atoms with Crippen molar-refractivity contribution in [2.24, 2.45) is 0 Å². The Morgan fingerprint density at radius 1 is 1.47 bits per heavy atom. The quantitative estimate of drug-likeness (QED) is 0.798. The van der Waals surface area contributed by atoms with Crippen molar-refractivity contribution in [3.05, 3.63) is 34.8 Å². The lowest BCUT2D eigenvalue weighted by molar-refractivity contribution is 0.206. The fourth-order valence-electron chi connectivity index (χ4n) is 2.47. The van der Waals surface area contributed by atoms with Crippen LogP contribution in [0.1, 0.15) is 23.5 Å². The van der Waals surface area contributed by atoms with Crippen molar-refractivity contribution < 1.29 is 9.15 Å². The molecule has 0 atom stereocenters. The van der Waals surface area contributed by atoms with Crippen LogP contribution >= 0.6 is 0 Å². The lowest BCUT2D eigenvalue weighted by atomic mass is 10.1. The summed E-state index contributed by atoms with van der Waals surface area (Å²) in [6, 6.07) is 2.17. The minimum absolute atomic E-state index is 0.764. The Bertz CT molecular complexity index is 437. The zero-order chi connectivity index (χ0) is 13.7. The molecule has 0 bridgehead atoms. The summed E-state index contributed by atoms with van der Waals surface area (Å²) in [6.45, 7) is 6.62. The number of aryl methyl sites for hydroxylation is 1. The molecule has 1 aliphatic heterocycles. The van der Waals surface area contributed by atoms with Crippen molar-refractivity contribution >= 4 is 0 Å². The molecular formula is C15H24N2O2. The van der Waals surface area contributed by atoms with Crippen LogP contribution in [-0.4, -0.2) is 38.8 Å². The molecule has 0 saturated carbocycles. The Morgan fingerprint density at radius 3 is 2.95 bits per heavy atom. The first-order valence-electron chi connectivity index (χ1n) is 6.85. The SMILES string of the molecule is CNCc1cc(CN2CC=C(COC)CC2)oc1C. The van der Waals surface area contributed by atoms with Gasteiger partial charge in [-0.25, -0.2) is 0 Å². The molecule has 106 valence electrons. The minimum Gasteiger partial charge on any atom is -0.465 e. The van der Waals surface area contributed by atoms with Crippen molar-refractivity contribution in [3.8, 4) is 0 Å². The van der Waals surface area contributed by atoms with Gasteiger partial charge in [0, 0.05) is 32.3 Å². The second-order valence-corrected chi connectivity index (χ2v) is 5.10. The minimum atomic E-state index is 0.764. The van der Waals surface area contributed by atoms with Gasteiger partial charge in [0.25, 0.3) is 0 Å². The Balaban J connectivity index is 1.90. The molecule has 0 radical (unpaired) electrons. The molecular weight excluding hydrogens is 240 g/mol. The van der Waals surface area contributed by atoms with Crippen LogP contribution in [0.4, 0.5) is 0 Å². The topological polar surface area (TPSA) is 37.6 Å². The van der Waals surface area contributed by atoms with Crippen LogP contribution in [0.3, 0.4) is 0 Å². The van der Waals surface area contributed by atoms with Crippen molar-refractivity contribution in [1.29, 1.82) is 0 Å². The van der Waals surface area contributed by atoms with Gasteiger partial charge in [0.2, 0.25) is 0 Å². The maximum absolute atomic E-state index is 5.82. The smallest absolute Gasteiger partial charge is 0.118 e. The van der Waals surface area contributed by atoms with E-state index in [1.807, 2.05) is 14.0 Å². The van der Waals surface area contributed by atoms with E-state index in [1.54, 1.807) is 7.11 Å². The van der Waals surface area contributed by atoms with E-state index in [2.05, 4.69) is 22.4 Å².